The van der Waals surface area contributed by atoms with Crippen molar-refractivity contribution in [3.05, 3.63) is 35.9 Å². The van der Waals surface area contributed by atoms with Gasteiger partial charge in [0.05, 0.1) is 6.61 Å². The van der Waals surface area contributed by atoms with Gasteiger partial charge in [0.1, 0.15) is 0 Å². The van der Waals surface area contributed by atoms with Crippen LogP contribution in [-0.4, -0.2) is 49.3 Å². The van der Waals surface area contributed by atoms with Crippen molar-refractivity contribution in [2.24, 2.45) is 0 Å². The molecule has 1 aromatic rings. The van der Waals surface area contributed by atoms with E-state index >= 15 is 0 Å². The molecule has 0 radical (unpaired) electrons. The molecule has 0 saturated carbocycles. The largest absolute Gasteiger partial charge is 0.465 e. The van der Waals surface area contributed by atoms with Crippen LogP contribution in [0.3, 0.4) is 0 Å². The van der Waals surface area contributed by atoms with E-state index in [1.807, 2.05) is 0 Å². The van der Waals surface area contributed by atoms with Crippen LogP contribution < -0.4 is 0 Å². The van der Waals surface area contributed by atoms with Gasteiger partial charge in [-0.3, -0.25) is 9.59 Å². The van der Waals surface area contributed by atoms with Gasteiger partial charge in [0.15, 0.2) is 6.61 Å². The summed E-state index contributed by atoms with van der Waals surface area (Å²) in [7, 11) is 0. The van der Waals surface area contributed by atoms with E-state index in [1.54, 1.807) is 30.3 Å². The van der Waals surface area contributed by atoms with Crippen LogP contribution in [0.2, 0.25) is 0 Å². The number of hydrogen-bond acceptors (Lipinski definition) is 4. The SMILES string of the molecule is O=C(CCCC(=O)OCC(F)(F)C(F)(F)C(F)(F)C(F)F)OCCc1ccccc1. The predicted octanol–water partition coefficient (Wildman–Crippen LogP) is 4.66. The molecule has 0 unspecified atom stereocenters. The van der Waals surface area contributed by atoms with Crippen molar-refractivity contribution in [2.45, 2.75) is 49.9 Å². The minimum atomic E-state index is -6.45. The monoisotopic (exact) mass is 450 g/mol. The van der Waals surface area contributed by atoms with Crippen LogP contribution in [-0.2, 0) is 25.5 Å². The molecule has 1 aromatic carbocycles. The summed E-state index contributed by atoms with van der Waals surface area (Å²) in [5.74, 6) is -20.7. The Labute approximate surface area is 166 Å². The van der Waals surface area contributed by atoms with Crippen molar-refractivity contribution in [1.29, 1.82) is 0 Å². The van der Waals surface area contributed by atoms with Gasteiger partial charge < -0.3 is 9.47 Å². The zero-order valence-electron chi connectivity index (χ0n) is 15.4. The maximum absolute atomic E-state index is 13.2. The highest BCUT2D eigenvalue weighted by atomic mass is 19.4. The average molecular weight is 450 g/mol. The first-order chi connectivity index (χ1) is 13.8. The fourth-order valence-electron chi connectivity index (χ4n) is 2.09. The van der Waals surface area contributed by atoms with E-state index in [1.165, 1.54) is 0 Å². The predicted molar refractivity (Wildman–Crippen MR) is 86.8 cm³/mol. The summed E-state index contributed by atoms with van der Waals surface area (Å²) in [4.78, 5) is 22.8. The summed E-state index contributed by atoms with van der Waals surface area (Å²) in [5.41, 5.74) is 0.907. The highest BCUT2D eigenvalue weighted by Crippen LogP contribution is 2.48. The van der Waals surface area contributed by atoms with Crippen molar-refractivity contribution in [3.8, 4) is 0 Å². The van der Waals surface area contributed by atoms with Gasteiger partial charge in [-0.05, 0) is 12.0 Å². The van der Waals surface area contributed by atoms with E-state index < -0.39 is 49.2 Å². The molecule has 170 valence electrons. The Morgan fingerprint density at radius 1 is 0.867 bits per heavy atom. The number of esters is 2. The van der Waals surface area contributed by atoms with Crippen molar-refractivity contribution < 1.29 is 54.2 Å². The Balaban J connectivity index is 2.34. The molecule has 0 amide bonds. The van der Waals surface area contributed by atoms with Crippen LogP contribution in [0.1, 0.15) is 24.8 Å². The zero-order valence-corrected chi connectivity index (χ0v) is 15.4. The standard InChI is InChI=1S/C18H18F8O4/c19-15(20)17(23,24)18(25,26)16(21,22)11-30-14(28)8-4-7-13(27)29-10-9-12-5-2-1-3-6-12/h1-3,5-6,15H,4,7-11H2. The van der Waals surface area contributed by atoms with E-state index in [9.17, 15) is 44.7 Å². The first kappa shape index (κ1) is 25.6. The lowest BCUT2D eigenvalue weighted by Gasteiger charge is -2.31. The van der Waals surface area contributed by atoms with Gasteiger partial charge in [-0.1, -0.05) is 30.3 Å². The van der Waals surface area contributed by atoms with Crippen molar-refractivity contribution in [1.82, 2.24) is 0 Å². The molecular weight excluding hydrogens is 432 g/mol. The lowest BCUT2D eigenvalue weighted by atomic mass is 10.1. The van der Waals surface area contributed by atoms with E-state index in [0.717, 1.165) is 5.56 Å². The lowest BCUT2D eigenvalue weighted by Crippen LogP contribution is -2.59. The number of rotatable bonds is 12. The number of carbonyl (C=O) groups excluding carboxylic acids is 2. The van der Waals surface area contributed by atoms with Crippen LogP contribution in [0, 0.1) is 0 Å². The number of halogens is 8. The van der Waals surface area contributed by atoms with Gasteiger partial charge in [0, 0.05) is 19.3 Å². The summed E-state index contributed by atoms with van der Waals surface area (Å²) in [5, 5.41) is 0. The second-order valence-electron chi connectivity index (χ2n) is 6.17. The van der Waals surface area contributed by atoms with Crippen LogP contribution in [0.4, 0.5) is 35.1 Å². The third kappa shape index (κ3) is 6.84. The molecular formula is C18H18F8O4. The fourth-order valence-corrected chi connectivity index (χ4v) is 2.09. The Kier molecular flexibility index (Phi) is 9.04. The van der Waals surface area contributed by atoms with Gasteiger partial charge in [-0.25, -0.2) is 8.78 Å². The van der Waals surface area contributed by atoms with Gasteiger partial charge in [-0.15, -0.1) is 0 Å². The number of hydrogen-bond donors (Lipinski definition) is 0. The Hall–Kier alpha value is -2.40. The average Bonchev–Trinajstić information content (AvgIpc) is 2.67. The maximum atomic E-state index is 13.2. The number of ether oxygens (including phenoxy) is 2. The van der Waals surface area contributed by atoms with E-state index in [0.29, 0.717) is 6.42 Å². The molecule has 12 heteroatoms. The molecule has 0 heterocycles. The highest BCUT2D eigenvalue weighted by molar-refractivity contribution is 5.72. The second kappa shape index (κ2) is 10.6. The minimum Gasteiger partial charge on any atom is -0.465 e. The molecule has 0 saturated heterocycles. The van der Waals surface area contributed by atoms with Crippen LogP contribution in [0.25, 0.3) is 0 Å². The maximum Gasteiger partial charge on any atom is 0.381 e. The Morgan fingerprint density at radius 2 is 1.40 bits per heavy atom. The third-order valence-corrected chi connectivity index (χ3v) is 3.82. The molecule has 0 aliphatic heterocycles. The number of alkyl halides is 8. The summed E-state index contributed by atoms with van der Waals surface area (Å²) in [6, 6.07) is 8.99. The summed E-state index contributed by atoms with van der Waals surface area (Å²) in [6.07, 6.45) is -5.87. The molecule has 4 nitrogen and oxygen atoms in total. The molecule has 0 aliphatic carbocycles. The van der Waals surface area contributed by atoms with Crippen molar-refractivity contribution in [2.75, 3.05) is 13.2 Å². The molecule has 0 atom stereocenters. The van der Waals surface area contributed by atoms with Crippen LogP contribution in [0.5, 0.6) is 0 Å². The molecule has 0 spiro atoms. The molecule has 0 aromatic heterocycles. The van der Waals surface area contributed by atoms with Crippen LogP contribution >= 0.6 is 0 Å². The van der Waals surface area contributed by atoms with E-state index in [2.05, 4.69) is 4.74 Å². The lowest BCUT2D eigenvalue weighted by molar-refractivity contribution is -0.344. The van der Waals surface area contributed by atoms with Crippen molar-refractivity contribution in [3.63, 3.8) is 0 Å². The van der Waals surface area contributed by atoms with Gasteiger partial charge in [0.25, 0.3) is 0 Å². The first-order valence-electron chi connectivity index (χ1n) is 8.58. The smallest absolute Gasteiger partial charge is 0.381 e. The quantitative estimate of drug-likeness (QED) is 0.344. The minimum absolute atomic E-state index is 0.0486. The molecule has 0 bridgehead atoms. The first-order valence-corrected chi connectivity index (χ1v) is 8.58. The number of carbonyl (C=O) groups is 2. The molecule has 0 fully saturated rings. The van der Waals surface area contributed by atoms with E-state index in [4.69, 9.17) is 4.74 Å². The molecule has 0 aliphatic rings. The molecule has 30 heavy (non-hydrogen) atoms. The summed E-state index contributed by atoms with van der Waals surface area (Å²) >= 11 is 0. The zero-order chi connectivity index (χ0) is 23.0. The molecule has 1 rings (SSSR count). The topological polar surface area (TPSA) is 52.6 Å². The second-order valence-corrected chi connectivity index (χ2v) is 6.17. The normalized spacial score (nSPS) is 12.7. The third-order valence-electron chi connectivity index (χ3n) is 3.82. The Morgan fingerprint density at radius 3 is 1.93 bits per heavy atom. The highest BCUT2D eigenvalue weighted by Gasteiger charge is 2.75. The summed E-state index contributed by atoms with van der Waals surface area (Å²) in [6.45, 7) is -2.48. The van der Waals surface area contributed by atoms with Gasteiger partial charge >= 0.3 is 36.1 Å². The van der Waals surface area contributed by atoms with E-state index in [-0.39, 0.29) is 19.4 Å². The number of benzene rings is 1. The van der Waals surface area contributed by atoms with Gasteiger partial charge in [-0.2, -0.15) is 26.3 Å². The van der Waals surface area contributed by atoms with Crippen molar-refractivity contribution >= 4 is 11.9 Å². The van der Waals surface area contributed by atoms with Gasteiger partial charge in [0.2, 0.25) is 0 Å². The summed E-state index contributed by atoms with van der Waals surface area (Å²) < 4.78 is 110. The van der Waals surface area contributed by atoms with Crippen LogP contribution in [0.15, 0.2) is 30.3 Å². The molecule has 0 N–H and O–H groups in total. The fraction of sp³-hybridized carbons (Fsp3) is 0.556. The Bertz CT molecular complexity index is 695.